The highest BCUT2D eigenvalue weighted by Crippen LogP contribution is 2.42. The van der Waals surface area contributed by atoms with Gasteiger partial charge in [0.05, 0.1) is 13.2 Å². The molecule has 3 N–H and O–H groups in total. The molecular formula is C42H80NO8P. The fraction of sp³-hybridized carbons (Fsp3) is 0.857. The van der Waals surface area contributed by atoms with Gasteiger partial charge < -0.3 is 20.1 Å². The van der Waals surface area contributed by atoms with Crippen LogP contribution in [-0.4, -0.2) is 54.3 Å². The van der Waals surface area contributed by atoms with E-state index in [0.29, 0.717) is 6.42 Å². The van der Waals surface area contributed by atoms with Gasteiger partial charge in [0, 0.05) is 19.4 Å². The summed E-state index contributed by atoms with van der Waals surface area (Å²) in [7, 11) is -4.42. The summed E-state index contributed by atoms with van der Waals surface area (Å²) in [6.07, 6.45) is 41.0. The van der Waals surface area contributed by atoms with Crippen LogP contribution in [0.2, 0.25) is 0 Å². The normalized spacial score (nSPS) is 13.5. The summed E-state index contributed by atoms with van der Waals surface area (Å²) >= 11 is 0. The third kappa shape index (κ3) is 39.7. The number of hydrogen-bond donors (Lipinski definition) is 3. The number of ether oxygens (including phenoxy) is 1. The van der Waals surface area contributed by atoms with Crippen LogP contribution in [0.4, 0.5) is 0 Å². The molecular weight excluding hydrogens is 677 g/mol. The Morgan fingerprint density at radius 1 is 0.577 bits per heavy atom. The van der Waals surface area contributed by atoms with Crippen molar-refractivity contribution in [2.24, 2.45) is 0 Å². The third-order valence-corrected chi connectivity index (χ3v) is 10.1. The zero-order valence-electron chi connectivity index (χ0n) is 33.5. The van der Waals surface area contributed by atoms with Crippen molar-refractivity contribution in [2.45, 2.75) is 206 Å². The number of carbonyl (C=O) groups is 2. The minimum Gasteiger partial charge on any atom is -0.463 e. The van der Waals surface area contributed by atoms with E-state index < -0.39 is 26.5 Å². The zero-order valence-corrected chi connectivity index (χ0v) is 34.4. The van der Waals surface area contributed by atoms with E-state index in [0.717, 1.165) is 70.6 Å². The van der Waals surface area contributed by atoms with Crippen molar-refractivity contribution in [1.29, 1.82) is 0 Å². The molecule has 306 valence electrons. The third-order valence-electron chi connectivity index (χ3n) is 9.10. The van der Waals surface area contributed by atoms with Gasteiger partial charge in [-0.25, -0.2) is 4.57 Å². The number of phosphoric ester groups is 1. The van der Waals surface area contributed by atoms with Crippen molar-refractivity contribution < 1.29 is 37.9 Å². The molecule has 0 rings (SSSR count). The van der Waals surface area contributed by atoms with E-state index in [-0.39, 0.29) is 32.1 Å². The summed E-state index contributed by atoms with van der Waals surface area (Å²) in [5.41, 5.74) is 0. The van der Waals surface area contributed by atoms with Gasteiger partial charge >= 0.3 is 13.8 Å². The summed E-state index contributed by atoms with van der Waals surface area (Å²) in [4.78, 5) is 33.9. The second-order valence-corrected chi connectivity index (χ2v) is 15.8. The van der Waals surface area contributed by atoms with Crippen molar-refractivity contribution in [3.8, 4) is 0 Å². The number of allylic oxidation sites excluding steroid dienone is 4. The Hall–Kier alpha value is -1.51. The Bertz CT molecular complexity index is 912. The number of phosphoric acid groups is 1. The molecule has 0 spiro atoms. The first-order valence-electron chi connectivity index (χ1n) is 21.3. The number of esters is 1. The summed E-state index contributed by atoms with van der Waals surface area (Å²) in [5.74, 6) is -0.530. The first-order chi connectivity index (χ1) is 25.3. The molecule has 0 radical (unpaired) electrons. The van der Waals surface area contributed by atoms with Gasteiger partial charge in [0.1, 0.15) is 12.7 Å². The number of rotatable bonds is 40. The molecule has 0 aromatic carbocycles. The first-order valence-corrected chi connectivity index (χ1v) is 22.8. The SMILES string of the molecule is CCCCCCCC/C=C\CCCCCCCC(=O)NCCOP(=O)(O)OCC(O)COC(=O)CCCCCCC/C=C\CCCCCCCCC. The van der Waals surface area contributed by atoms with Crippen molar-refractivity contribution in [3.63, 3.8) is 0 Å². The van der Waals surface area contributed by atoms with Gasteiger partial charge in [-0.1, -0.05) is 147 Å². The van der Waals surface area contributed by atoms with Crippen molar-refractivity contribution in [1.82, 2.24) is 5.32 Å². The summed E-state index contributed by atoms with van der Waals surface area (Å²) < 4.78 is 26.8. The molecule has 0 saturated heterocycles. The zero-order chi connectivity index (χ0) is 38.2. The van der Waals surface area contributed by atoms with Crippen molar-refractivity contribution in [2.75, 3.05) is 26.4 Å². The smallest absolute Gasteiger partial charge is 0.463 e. The van der Waals surface area contributed by atoms with Gasteiger partial charge in [0.2, 0.25) is 5.91 Å². The van der Waals surface area contributed by atoms with E-state index >= 15 is 0 Å². The number of nitrogens with one attached hydrogen (secondary N) is 1. The molecule has 0 fully saturated rings. The molecule has 9 nitrogen and oxygen atoms in total. The molecule has 0 heterocycles. The molecule has 0 aromatic heterocycles. The number of unbranched alkanes of at least 4 members (excludes halogenated alkanes) is 23. The highest BCUT2D eigenvalue weighted by Gasteiger charge is 2.23. The lowest BCUT2D eigenvalue weighted by molar-refractivity contribution is -0.147. The van der Waals surface area contributed by atoms with E-state index in [9.17, 15) is 24.2 Å². The van der Waals surface area contributed by atoms with E-state index in [1.54, 1.807) is 0 Å². The molecule has 2 unspecified atom stereocenters. The standard InChI is InChI=1S/C42H80NO8P/c1-3-5-7-9-11-13-15-17-19-21-23-25-27-29-31-33-35-42(46)49-38-40(44)39-51-52(47,48)50-37-36-43-41(45)34-32-30-28-26-24-22-20-18-16-14-12-10-8-6-4-2/h18-21,40,44H,3-17,22-39H2,1-2H3,(H,43,45)(H,47,48)/b20-18-,21-19-. The molecule has 0 aliphatic heterocycles. The van der Waals surface area contributed by atoms with Crippen LogP contribution >= 0.6 is 7.82 Å². The van der Waals surface area contributed by atoms with Gasteiger partial charge in [-0.15, -0.1) is 0 Å². The lowest BCUT2D eigenvalue weighted by atomic mass is 10.1. The maximum absolute atomic E-state index is 12.1. The molecule has 0 aliphatic carbocycles. The molecule has 0 bridgehead atoms. The Balaban J connectivity index is 3.61. The topological polar surface area (TPSA) is 131 Å². The lowest BCUT2D eigenvalue weighted by Crippen LogP contribution is -2.27. The van der Waals surface area contributed by atoms with Crippen LogP contribution in [0.5, 0.6) is 0 Å². The summed E-state index contributed by atoms with van der Waals surface area (Å²) in [6, 6.07) is 0. The summed E-state index contributed by atoms with van der Waals surface area (Å²) in [6.45, 7) is 3.53. The molecule has 52 heavy (non-hydrogen) atoms. The molecule has 10 heteroatoms. The van der Waals surface area contributed by atoms with Crippen molar-refractivity contribution in [3.05, 3.63) is 24.3 Å². The Labute approximate surface area is 319 Å². The van der Waals surface area contributed by atoms with Gasteiger partial charge in [-0.2, -0.15) is 0 Å². The number of aliphatic hydroxyl groups excluding tert-OH is 1. The quantitative estimate of drug-likeness (QED) is 0.0244. The van der Waals surface area contributed by atoms with E-state index in [1.807, 2.05) is 0 Å². The van der Waals surface area contributed by atoms with Crippen LogP contribution in [0.25, 0.3) is 0 Å². The van der Waals surface area contributed by atoms with E-state index in [2.05, 4.69) is 43.5 Å². The van der Waals surface area contributed by atoms with E-state index in [1.165, 1.54) is 103 Å². The maximum atomic E-state index is 12.1. The molecule has 0 aliphatic rings. The second-order valence-electron chi connectivity index (χ2n) is 14.3. The monoisotopic (exact) mass is 758 g/mol. The van der Waals surface area contributed by atoms with Crippen LogP contribution in [0.1, 0.15) is 200 Å². The fourth-order valence-corrected chi connectivity index (χ4v) is 6.60. The minimum atomic E-state index is -4.42. The predicted molar refractivity (Wildman–Crippen MR) is 215 cm³/mol. The largest absolute Gasteiger partial charge is 0.472 e. The Kier molecular flexibility index (Phi) is 38.1. The number of aliphatic hydroxyl groups is 1. The fourth-order valence-electron chi connectivity index (χ4n) is 5.84. The van der Waals surface area contributed by atoms with E-state index in [4.69, 9.17) is 13.8 Å². The van der Waals surface area contributed by atoms with Gasteiger partial charge in [-0.3, -0.25) is 18.6 Å². The predicted octanol–water partition coefficient (Wildman–Crippen LogP) is 11.6. The van der Waals surface area contributed by atoms with Gasteiger partial charge in [-0.05, 0) is 64.2 Å². The highest BCUT2D eigenvalue weighted by molar-refractivity contribution is 7.47. The molecule has 0 saturated carbocycles. The molecule has 1 amide bonds. The Morgan fingerprint density at radius 2 is 0.981 bits per heavy atom. The van der Waals surface area contributed by atoms with Crippen molar-refractivity contribution >= 4 is 19.7 Å². The Morgan fingerprint density at radius 3 is 1.44 bits per heavy atom. The summed E-state index contributed by atoms with van der Waals surface area (Å²) in [5, 5.41) is 12.7. The number of hydrogen-bond acceptors (Lipinski definition) is 7. The van der Waals surface area contributed by atoms with Crippen LogP contribution in [0.15, 0.2) is 24.3 Å². The number of carbonyl (C=O) groups excluding carboxylic acids is 2. The number of amides is 1. The second kappa shape index (κ2) is 39.2. The van der Waals surface area contributed by atoms with Gasteiger partial charge in [0.25, 0.3) is 0 Å². The lowest BCUT2D eigenvalue weighted by Gasteiger charge is -2.15. The average molecular weight is 758 g/mol. The molecule has 0 aromatic rings. The first kappa shape index (κ1) is 50.5. The maximum Gasteiger partial charge on any atom is 0.472 e. The van der Waals surface area contributed by atoms with Crippen LogP contribution < -0.4 is 5.32 Å². The average Bonchev–Trinajstić information content (AvgIpc) is 3.13. The van der Waals surface area contributed by atoms with Gasteiger partial charge in [0.15, 0.2) is 0 Å². The molecule has 2 atom stereocenters. The minimum absolute atomic E-state index is 0.0778. The van der Waals surface area contributed by atoms with Crippen LogP contribution in [-0.2, 0) is 27.9 Å². The highest BCUT2D eigenvalue weighted by atomic mass is 31.2. The van der Waals surface area contributed by atoms with Crippen LogP contribution in [0, 0.1) is 0 Å². The van der Waals surface area contributed by atoms with Crippen LogP contribution in [0.3, 0.4) is 0 Å².